The van der Waals surface area contributed by atoms with Crippen LogP contribution in [-0.2, 0) is 11.8 Å². The normalized spacial score (nSPS) is 11.4. The maximum absolute atomic E-state index is 12.4. The standard InChI is InChI=1S/C26H28N10O4/c1-36-14-31-25(35-36)17-4-3-5-19(23(17)40-2)33-20-10-22(30-12-18(20)24(28)38)34-21-7-6-15(11-29-21)26(39)32-16(13-37)8-9-27/h3-7,10-14,16H,8-9,27H2,1-2H3,(H2,28,38)(H,32,39)(H2,29,30,33,34). The summed E-state index contributed by atoms with van der Waals surface area (Å²) >= 11 is 0. The first-order chi connectivity index (χ1) is 19.3. The van der Waals surface area contributed by atoms with Crippen LogP contribution >= 0.6 is 0 Å². The summed E-state index contributed by atoms with van der Waals surface area (Å²) in [5.74, 6) is 0.546. The summed E-state index contributed by atoms with van der Waals surface area (Å²) in [6, 6.07) is 9.45. The lowest BCUT2D eigenvalue weighted by Gasteiger charge is -2.16. The summed E-state index contributed by atoms with van der Waals surface area (Å²) in [6.45, 7) is 0.267. The minimum Gasteiger partial charge on any atom is -0.494 e. The molecule has 3 aromatic heterocycles. The van der Waals surface area contributed by atoms with Gasteiger partial charge in [0.25, 0.3) is 11.8 Å². The van der Waals surface area contributed by atoms with Gasteiger partial charge in [-0.05, 0) is 37.2 Å². The molecule has 1 aromatic carbocycles. The van der Waals surface area contributed by atoms with Gasteiger partial charge in [0.05, 0.1) is 41.2 Å². The van der Waals surface area contributed by atoms with E-state index in [4.69, 9.17) is 16.2 Å². The third-order valence-corrected chi connectivity index (χ3v) is 5.74. The van der Waals surface area contributed by atoms with Crippen molar-refractivity contribution in [1.29, 1.82) is 0 Å². The highest BCUT2D eigenvalue weighted by molar-refractivity contribution is 6.00. The summed E-state index contributed by atoms with van der Waals surface area (Å²) < 4.78 is 7.23. The molecule has 7 N–H and O–H groups in total. The number of nitrogens with two attached hydrogens (primary N) is 2. The number of pyridine rings is 2. The Balaban J connectivity index is 1.57. The van der Waals surface area contributed by atoms with E-state index in [1.54, 1.807) is 48.4 Å². The van der Waals surface area contributed by atoms with Crippen molar-refractivity contribution >= 4 is 41.1 Å². The lowest BCUT2D eigenvalue weighted by Crippen LogP contribution is -2.37. The number of methoxy groups -OCH3 is 1. The largest absolute Gasteiger partial charge is 0.494 e. The number of ether oxygens (including phenoxy) is 1. The SMILES string of the molecule is COc1c(Nc2cc(Nc3ccc(C(=O)NC(C=O)CCN)cn3)ncc2C(N)=O)cccc1-c1ncn(C)n1. The number of benzene rings is 1. The van der Waals surface area contributed by atoms with Crippen LogP contribution in [0.15, 0.2) is 55.1 Å². The maximum Gasteiger partial charge on any atom is 0.253 e. The molecular weight excluding hydrogens is 516 g/mol. The molecule has 4 aromatic rings. The monoisotopic (exact) mass is 544 g/mol. The fraction of sp³-hybridized carbons (Fsp3) is 0.192. The van der Waals surface area contributed by atoms with Crippen LogP contribution in [0.2, 0.25) is 0 Å². The average molecular weight is 545 g/mol. The van der Waals surface area contributed by atoms with E-state index in [1.807, 2.05) is 6.07 Å². The fourth-order valence-electron chi connectivity index (χ4n) is 3.80. The molecule has 0 bridgehead atoms. The number of primary amides is 1. The van der Waals surface area contributed by atoms with E-state index in [0.29, 0.717) is 52.9 Å². The molecule has 4 rings (SSSR count). The number of hydrogen-bond donors (Lipinski definition) is 5. The third-order valence-electron chi connectivity index (χ3n) is 5.74. The summed E-state index contributed by atoms with van der Waals surface area (Å²) in [5, 5.41) is 13.2. The average Bonchev–Trinajstić information content (AvgIpc) is 3.39. The quantitative estimate of drug-likeness (QED) is 0.162. The van der Waals surface area contributed by atoms with Crippen molar-refractivity contribution in [2.75, 3.05) is 24.3 Å². The van der Waals surface area contributed by atoms with Crippen LogP contribution in [0.3, 0.4) is 0 Å². The molecule has 1 unspecified atom stereocenters. The summed E-state index contributed by atoms with van der Waals surface area (Å²) in [7, 11) is 3.29. The summed E-state index contributed by atoms with van der Waals surface area (Å²) in [5.41, 5.74) is 13.0. The Labute approximate surface area is 229 Å². The molecule has 14 nitrogen and oxygen atoms in total. The third kappa shape index (κ3) is 6.36. The van der Waals surface area contributed by atoms with Gasteiger partial charge in [-0.3, -0.25) is 14.3 Å². The van der Waals surface area contributed by atoms with Crippen LogP contribution in [0.4, 0.5) is 23.0 Å². The molecule has 40 heavy (non-hydrogen) atoms. The Morgan fingerprint density at radius 2 is 1.88 bits per heavy atom. The molecule has 0 aliphatic carbocycles. The van der Waals surface area contributed by atoms with E-state index in [0.717, 1.165) is 0 Å². The highest BCUT2D eigenvalue weighted by Crippen LogP contribution is 2.37. The molecule has 0 fully saturated rings. The number of anilines is 4. The van der Waals surface area contributed by atoms with Gasteiger partial charge >= 0.3 is 0 Å². The maximum atomic E-state index is 12.4. The van der Waals surface area contributed by atoms with Crippen molar-refractivity contribution in [2.45, 2.75) is 12.5 Å². The van der Waals surface area contributed by atoms with Crippen molar-refractivity contribution < 1.29 is 19.1 Å². The number of hydrogen-bond acceptors (Lipinski definition) is 11. The number of carbonyl (C=O) groups is 3. The van der Waals surface area contributed by atoms with E-state index in [9.17, 15) is 14.4 Å². The highest BCUT2D eigenvalue weighted by Gasteiger charge is 2.18. The van der Waals surface area contributed by atoms with Crippen LogP contribution in [0.25, 0.3) is 11.4 Å². The number of aldehydes is 1. The van der Waals surface area contributed by atoms with E-state index >= 15 is 0 Å². The minimum absolute atomic E-state index is 0.149. The Bertz CT molecular complexity index is 1520. The number of aromatic nitrogens is 5. The molecular formula is C26H28N10O4. The van der Waals surface area contributed by atoms with Crippen molar-refractivity contribution in [1.82, 2.24) is 30.0 Å². The molecule has 1 atom stereocenters. The van der Waals surface area contributed by atoms with E-state index in [-0.39, 0.29) is 17.7 Å². The topological polar surface area (TPSA) is 205 Å². The van der Waals surface area contributed by atoms with Crippen molar-refractivity contribution in [3.8, 4) is 17.1 Å². The molecule has 0 spiro atoms. The van der Waals surface area contributed by atoms with Crippen molar-refractivity contribution in [2.24, 2.45) is 18.5 Å². The zero-order valence-electron chi connectivity index (χ0n) is 21.8. The molecule has 0 radical (unpaired) electrons. The van der Waals surface area contributed by atoms with Crippen molar-refractivity contribution in [3.05, 3.63) is 66.2 Å². The molecule has 0 saturated carbocycles. The van der Waals surface area contributed by atoms with E-state index in [1.165, 1.54) is 19.5 Å². The first kappa shape index (κ1) is 27.7. The second kappa shape index (κ2) is 12.4. The van der Waals surface area contributed by atoms with Gasteiger partial charge in [-0.2, -0.15) is 5.10 Å². The zero-order valence-corrected chi connectivity index (χ0v) is 21.8. The number of carbonyl (C=O) groups excluding carboxylic acids is 3. The minimum atomic E-state index is -0.681. The molecule has 0 aliphatic rings. The van der Waals surface area contributed by atoms with Crippen LogP contribution in [0.5, 0.6) is 5.75 Å². The predicted octanol–water partition coefficient (Wildman–Crippen LogP) is 1.51. The molecule has 0 aliphatic heterocycles. The van der Waals surface area contributed by atoms with Gasteiger partial charge in [0.1, 0.15) is 24.2 Å². The van der Waals surface area contributed by atoms with Crippen LogP contribution in [0, 0.1) is 0 Å². The molecule has 14 heteroatoms. The number of rotatable bonds is 12. The molecule has 3 heterocycles. The lowest BCUT2D eigenvalue weighted by molar-refractivity contribution is -0.109. The van der Waals surface area contributed by atoms with E-state index < -0.39 is 17.9 Å². The number of aryl methyl sites for hydroxylation is 1. The second-order valence-corrected chi connectivity index (χ2v) is 8.58. The Morgan fingerprint density at radius 1 is 1.07 bits per heavy atom. The van der Waals surface area contributed by atoms with Crippen LogP contribution < -0.4 is 32.2 Å². The molecule has 2 amide bonds. The molecule has 206 valence electrons. The number of amides is 2. The Morgan fingerprint density at radius 3 is 2.50 bits per heavy atom. The van der Waals surface area contributed by atoms with Gasteiger partial charge in [0, 0.05) is 25.5 Å². The highest BCUT2D eigenvalue weighted by atomic mass is 16.5. The summed E-state index contributed by atoms with van der Waals surface area (Å²) in [6.07, 6.45) is 5.26. The van der Waals surface area contributed by atoms with Gasteiger partial charge in [-0.15, -0.1) is 0 Å². The molecule has 0 saturated heterocycles. The fourth-order valence-corrected chi connectivity index (χ4v) is 3.80. The first-order valence-corrected chi connectivity index (χ1v) is 12.1. The lowest BCUT2D eigenvalue weighted by atomic mass is 10.1. The summed E-state index contributed by atoms with van der Waals surface area (Å²) in [4.78, 5) is 48.4. The first-order valence-electron chi connectivity index (χ1n) is 12.1. The zero-order chi connectivity index (χ0) is 28.6. The van der Waals surface area contributed by atoms with Crippen LogP contribution in [-0.4, -0.2) is 62.5 Å². The van der Waals surface area contributed by atoms with E-state index in [2.05, 4.69) is 36.0 Å². The Hall–Kier alpha value is -5.37. The number of nitrogens with one attached hydrogen (secondary N) is 3. The van der Waals surface area contributed by atoms with Gasteiger partial charge in [0.15, 0.2) is 11.6 Å². The van der Waals surface area contributed by atoms with Crippen molar-refractivity contribution in [3.63, 3.8) is 0 Å². The number of para-hydroxylation sites is 1. The second-order valence-electron chi connectivity index (χ2n) is 8.58. The van der Waals surface area contributed by atoms with Gasteiger partial charge < -0.3 is 36.9 Å². The van der Waals surface area contributed by atoms with Gasteiger partial charge in [0.2, 0.25) is 0 Å². The van der Waals surface area contributed by atoms with Crippen LogP contribution in [0.1, 0.15) is 27.1 Å². The number of nitrogens with zero attached hydrogens (tertiary/aromatic N) is 5. The Kier molecular flexibility index (Phi) is 8.61. The predicted molar refractivity (Wildman–Crippen MR) is 148 cm³/mol. The van der Waals surface area contributed by atoms with Gasteiger partial charge in [-0.25, -0.2) is 15.0 Å². The van der Waals surface area contributed by atoms with Gasteiger partial charge in [-0.1, -0.05) is 6.07 Å². The smallest absolute Gasteiger partial charge is 0.253 e.